The fourth-order valence-electron chi connectivity index (χ4n) is 2.27. The summed E-state index contributed by atoms with van der Waals surface area (Å²) in [7, 11) is 3.12. The third-order valence-corrected chi connectivity index (χ3v) is 5.42. The molecular weight excluding hydrogens is 401 g/mol. The van der Waals surface area contributed by atoms with Gasteiger partial charge in [-0.05, 0) is 18.2 Å². The molecule has 11 heteroatoms. The molecule has 144 valence electrons. The quantitative estimate of drug-likeness (QED) is 0.536. The third-order valence-electron chi connectivity index (χ3n) is 3.46. The minimum atomic E-state index is -4.32. The van der Waals surface area contributed by atoms with Crippen LogP contribution in [0.5, 0.6) is 11.5 Å². The lowest BCUT2D eigenvalue weighted by atomic mass is 10.2. The first-order valence-electron chi connectivity index (χ1n) is 7.64. The summed E-state index contributed by atoms with van der Waals surface area (Å²) in [4.78, 5) is 4.54. The summed E-state index contributed by atoms with van der Waals surface area (Å²) < 4.78 is 49.1. The Morgan fingerprint density at radius 2 is 1.96 bits per heavy atom. The van der Waals surface area contributed by atoms with Crippen molar-refractivity contribution in [1.29, 1.82) is 0 Å². The van der Waals surface area contributed by atoms with E-state index < -0.39 is 12.7 Å². The zero-order chi connectivity index (χ0) is 19.4. The fourth-order valence-corrected chi connectivity index (χ4v) is 4.00. The number of benzene rings is 1. The van der Waals surface area contributed by atoms with Crippen LogP contribution in [-0.2, 0) is 12.3 Å². The van der Waals surface area contributed by atoms with Crippen LogP contribution < -0.4 is 9.47 Å². The lowest BCUT2D eigenvalue weighted by Crippen LogP contribution is -2.17. The first kappa shape index (κ1) is 19.5. The van der Waals surface area contributed by atoms with E-state index in [1.165, 1.54) is 11.3 Å². The fraction of sp³-hybridized carbons (Fsp3) is 0.312. The van der Waals surface area contributed by atoms with Crippen LogP contribution in [0, 0.1) is 0 Å². The number of nitrogens with zero attached hydrogens (tertiary/aromatic N) is 4. The van der Waals surface area contributed by atoms with E-state index in [-0.39, 0.29) is 5.16 Å². The molecule has 0 radical (unpaired) electrons. The predicted octanol–water partition coefficient (Wildman–Crippen LogP) is 4.27. The third kappa shape index (κ3) is 4.92. The van der Waals surface area contributed by atoms with Crippen LogP contribution in [0.15, 0.2) is 35.1 Å². The Morgan fingerprint density at radius 1 is 1.19 bits per heavy atom. The van der Waals surface area contributed by atoms with Gasteiger partial charge in [-0.3, -0.25) is 4.57 Å². The van der Waals surface area contributed by atoms with Crippen molar-refractivity contribution in [3.63, 3.8) is 0 Å². The summed E-state index contributed by atoms with van der Waals surface area (Å²) in [6.45, 7) is -1.11. The van der Waals surface area contributed by atoms with E-state index in [9.17, 15) is 13.2 Å². The van der Waals surface area contributed by atoms with Crippen molar-refractivity contribution in [2.75, 3.05) is 14.2 Å². The van der Waals surface area contributed by atoms with Gasteiger partial charge < -0.3 is 9.47 Å². The average Bonchev–Trinajstić information content (AvgIpc) is 3.27. The van der Waals surface area contributed by atoms with Gasteiger partial charge in [0.25, 0.3) is 0 Å². The zero-order valence-corrected chi connectivity index (χ0v) is 16.0. The highest BCUT2D eigenvalue weighted by molar-refractivity contribution is 7.98. The SMILES string of the molecule is COc1ccc(-c2nc(CSc3nncn3CC(F)(F)F)cs2)cc1OC. The van der Waals surface area contributed by atoms with Crippen molar-refractivity contribution < 1.29 is 22.6 Å². The van der Waals surface area contributed by atoms with Crippen LogP contribution in [0.1, 0.15) is 5.69 Å². The van der Waals surface area contributed by atoms with Crippen molar-refractivity contribution in [3.8, 4) is 22.1 Å². The average molecular weight is 416 g/mol. The molecule has 2 heterocycles. The zero-order valence-electron chi connectivity index (χ0n) is 14.4. The van der Waals surface area contributed by atoms with E-state index in [2.05, 4.69) is 15.2 Å². The van der Waals surface area contributed by atoms with Crippen molar-refractivity contribution >= 4 is 23.1 Å². The topological polar surface area (TPSA) is 62.1 Å². The Hall–Kier alpha value is -2.27. The number of hydrogen-bond acceptors (Lipinski definition) is 7. The molecule has 0 atom stereocenters. The van der Waals surface area contributed by atoms with Gasteiger partial charge in [-0.2, -0.15) is 13.2 Å². The summed E-state index contributed by atoms with van der Waals surface area (Å²) in [6.07, 6.45) is -3.25. The van der Waals surface area contributed by atoms with Gasteiger partial charge in [0.05, 0.1) is 19.9 Å². The maximum absolute atomic E-state index is 12.6. The predicted molar refractivity (Wildman–Crippen MR) is 96.3 cm³/mol. The molecule has 3 rings (SSSR count). The van der Waals surface area contributed by atoms with Crippen LogP contribution >= 0.6 is 23.1 Å². The first-order chi connectivity index (χ1) is 12.9. The van der Waals surface area contributed by atoms with Gasteiger partial charge >= 0.3 is 6.18 Å². The molecule has 0 N–H and O–H groups in total. The Labute approximate surface area is 161 Å². The molecule has 27 heavy (non-hydrogen) atoms. The lowest BCUT2D eigenvalue weighted by molar-refractivity contribution is -0.142. The minimum Gasteiger partial charge on any atom is -0.493 e. The van der Waals surface area contributed by atoms with Crippen molar-refractivity contribution in [2.45, 2.75) is 23.6 Å². The van der Waals surface area contributed by atoms with Gasteiger partial charge in [-0.15, -0.1) is 21.5 Å². The number of halogens is 3. The molecular formula is C16H15F3N4O2S2. The second-order valence-electron chi connectivity index (χ2n) is 5.36. The number of hydrogen-bond donors (Lipinski definition) is 0. The monoisotopic (exact) mass is 416 g/mol. The van der Waals surface area contributed by atoms with E-state index in [4.69, 9.17) is 9.47 Å². The second kappa shape index (κ2) is 8.17. The van der Waals surface area contributed by atoms with Gasteiger partial charge in [-0.25, -0.2) is 4.98 Å². The van der Waals surface area contributed by atoms with E-state index >= 15 is 0 Å². The molecule has 0 saturated heterocycles. The maximum atomic E-state index is 12.6. The summed E-state index contributed by atoms with van der Waals surface area (Å²) in [6, 6.07) is 5.50. The summed E-state index contributed by atoms with van der Waals surface area (Å²) in [5.41, 5.74) is 1.62. The van der Waals surface area contributed by atoms with Crippen molar-refractivity contribution in [1.82, 2.24) is 19.7 Å². The number of alkyl halides is 3. The summed E-state index contributed by atoms with van der Waals surface area (Å²) in [5, 5.41) is 10.1. The highest BCUT2D eigenvalue weighted by Crippen LogP contribution is 2.34. The summed E-state index contributed by atoms with van der Waals surface area (Å²) in [5.74, 6) is 1.61. The van der Waals surface area contributed by atoms with Gasteiger partial charge in [0.1, 0.15) is 17.9 Å². The normalized spacial score (nSPS) is 11.6. The highest BCUT2D eigenvalue weighted by Gasteiger charge is 2.29. The van der Waals surface area contributed by atoms with E-state index in [0.29, 0.717) is 17.3 Å². The number of methoxy groups -OCH3 is 2. The second-order valence-corrected chi connectivity index (χ2v) is 7.16. The largest absolute Gasteiger partial charge is 0.493 e. The van der Waals surface area contributed by atoms with Gasteiger partial charge in [0.15, 0.2) is 16.7 Å². The van der Waals surface area contributed by atoms with Crippen LogP contribution in [0.25, 0.3) is 10.6 Å². The Kier molecular flexibility index (Phi) is 5.90. The molecule has 3 aromatic rings. The van der Waals surface area contributed by atoms with Gasteiger partial charge in [0.2, 0.25) is 0 Å². The smallest absolute Gasteiger partial charge is 0.406 e. The standard InChI is InChI=1S/C16H15F3N4O2S2/c1-24-12-4-3-10(5-13(12)25-2)14-21-11(6-26-14)7-27-15-22-20-9-23(15)8-16(17,18)19/h3-6,9H,7-8H2,1-2H3. The Bertz CT molecular complexity index is 911. The van der Waals surface area contributed by atoms with Gasteiger partial charge in [-0.1, -0.05) is 11.8 Å². The van der Waals surface area contributed by atoms with Crippen LogP contribution in [0.2, 0.25) is 0 Å². The molecule has 0 saturated carbocycles. The minimum absolute atomic E-state index is 0.202. The van der Waals surface area contributed by atoms with Crippen molar-refractivity contribution in [2.24, 2.45) is 0 Å². The molecule has 6 nitrogen and oxygen atoms in total. The van der Waals surface area contributed by atoms with Crippen LogP contribution in [0.3, 0.4) is 0 Å². The van der Waals surface area contributed by atoms with Crippen molar-refractivity contribution in [3.05, 3.63) is 35.6 Å². The number of thiazole rings is 1. The number of thioether (sulfide) groups is 1. The molecule has 0 aliphatic heterocycles. The van der Waals surface area contributed by atoms with Crippen LogP contribution in [0.4, 0.5) is 13.2 Å². The molecule has 1 aromatic carbocycles. The highest BCUT2D eigenvalue weighted by atomic mass is 32.2. The summed E-state index contributed by atoms with van der Waals surface area (Å²) >= 11 is 2.60. The Morgan fingerprint density at radius 3 is 2.67 bits per heavy atom. The molecule has 0 amide bonds. The first-order valence-corrected chi connectivity index (χ1v) is 9.50. The van der Waals surface area contributed by atoms with E-state index in [1.54, 1.807) is 20.3 Å². The van der Waals surface area contributed by atoms with E-state index in [0.717, 1.165) is 38.9 Å². The van der Waals surface area contributed by atoms with E-state index in [1.807, 2.05) is 17.5 Å². The molecule has 2 aromatic heterocycles. The maximum Gasteiger partial charge on any atom is 0.406 e. The molecule has 0 unspecified atom stereocenters. The number of ether oxygens (including phenoxy) is 2. The number of rotatable bonds is 7. The van der Waals surface area contributed by atoms with Gasteiger partial charge in [0, 0.05) is 16.7 Å². The van der Waals surface area contributed by atoms with Crippen LogP contribution in [-0.4, -0.2) is 40.1 Å². The molecule has 0 aliphatic carbocycles. The number of aromatic nitrogens is 4. The Balaban J connectivity index is 1.70. The molecule has 0 fully saturated rings. The molecule has 0 aliphatic rings. The lowest BCUT2D eigenvalue weighted by Gasteiger charge is -2.08. The molecule has 0 spiro atoms. The molecule has 0 bridgehead atoms.